The zero-order valence-corrected chi connectivity index (χ0v) is 52.8. The quantitative estimate of drug-likeness (QED) is 0.152. The molecule has 8 nitrogen and oxygen atoms in total. The first-order chi connectivity index (χ1) is 48.6. The first kappa shape index (κ1) is 54.0. The summed E-state index contributed by atoms with van der Waals surface area (Å²) in [6.45, 7) is 0. The standard InChI is InChI=1S/C90H54N8/c91-55-57-49-89(97-85-45-41-58(93-77-33-12-4-23-62(77)63-24-5-13-34-78(63)93)50-71(85)72-51-59(42-46-86(72)97)94-79-35-14-6-25-64(79)65-26-7-15-36-80(65)94)90(54-70(57)76-32-20-31-75(92-76)56-21-2-1-3-22-56)98-87-47-43-60(95-81-37-16-8-27-66(81)67-28-9-17-38-82(67)95)52-73(87)74-53-61(44-48-88(74)98)96-83-39-18-10-29-68(83)69-30-11-19-40-84(69)96/h1-54H. The predicted octanol–water partition coefficient (Wildman–Crippen LogP) is 22.9. The molecule has 0 aliphatic heterocycles. The Morgan fingerprint density at radius 2 is 0.480 bits per heavy atom. The Morgan fingerprint density at radius 3 is 0.786 bits per heavy atom. The van der Waals surface area contributed by atoms with Crippen molar-refractivity contribution in [3.8, 4) is 62.7 Å². The van der Waals surface area contributed by atoms with Gasteiger partial charge in [-0.3, -0.25) is 0 Å². The fourth-order valence-corrected chi connectivity index (χ4v) is 16.5. The maximum atomic E-state index is 11.8. The molecule has 8 heteroatoms. The molecular weight excluding hydrogens is 1190 g/mol. The fourth-order valence-electron chi connectivity index (χ4n) is 16.5. The van der Waals surface area contributed by atoms with Gasteiger partial charge in [0.25, 0.3) is 0 Å². The van der Waals surface area contributed by atoms with Crippen molar-refractivity contribution < 1.29 is 0 Å². The Bertz CT molecular complexity index is 6460. The van der Waals surface area contributed by atoms with Gasteiger partial charge < -0.3 is 27.4 Å². The monoisotopic (exact) mass is 1250 g/mol. The molecule has 454 valence electrons. The van der Waals surface area contributed by atoms with E-state index in [4.69, 9.17) is 4.98 Å². The number of nitrogens with zero attached hydrogens (tertiary/aromatic N) is 8. The molecule has 0 radical (unpaired) electrons. The van der Waals surface area contributed by atoms with Crippen LogP contribution in [0.2, 0.25) is 0 Å². The van der Waals surface area contributed by atoms with Crippen molar-refractivity contribution in [2.45, 2.75) is 0 Å². The van der Waals surface area contributed by atoms with Crippen LogP contribution in [0, 0.1) is 11.3 Å². The van der Waals surface area contributed by atoms with Gasteiger partial charge in [-0.15, -0.1) is 0 Å². The molecule has 0 aliphatic carbocycles. The van der Waals surface area contributed by atoms with Crippen LogP contribution in [-0.2, 0) is 0 Å². The van der Waals surface area contributed by atoms with E-state index in [-0.39, 0.29) is 0 Å². The topological polar surface area (TPSA) is 66.3 Å². The predicted molar refractivity (Wildman–Crippen MR) is 406 cm³/mol. The average Bonchev–Trinajstić information content (AvgIpc) is 1.54. The number of hydrogen-bond donors (Lipinski definition) is 0. The van der Waals surface area contributed by atoms with Crippen LogP contribution in [0.15, 0.2) is 328 Å². The zero-order chi connectivity index (χ0) is 64.3. The first-order valence-corrected chi connectivity index (χ1v) is 33.3. The molecule has 98 heavy (non-hydrogen) atoms. The first-order valence-electron chi connectivity index (χ1n) is 33.3. The molecule has 0 aliphatic rings. The van der Waals surface area contributed by atoms with E-state index < -0.39 is 0 Å². The number of benzene rings is 14. The molecule has 0 spiro atoms. The minimum absolute atomic E-state index is 0.503. The van der Waals surface area contributed by atoms with Gasteiger partial charge in [-0.05, 0) is 146 Å². The van der Waals surface area contributed by atoms with Gasteiger partial charge in [0, 0.05) is 98.5 Å². The lowest BCUT2D eigenvalue weighted by Crippen LogP contribution is -2.06. The minimum Gasteiger partial charge on any atom is -0.309 e. The Balaban J connectivity index is 0.892. The lowest BCUT2D eigenvalue weighted by atomic mass is 10.0. The molecule has 0 amide bonds. The van der Waals surface area contributed by atoms with E-state index >= 15 is 0 Å². The van der Waals surface area contributed by atoms with Crippen molar-refractivity contribution in [2.24, 2.45) is 0 Å². The molecule has 0 bridgehead atoms. The third-order valence-electron chi connectivity index (χ3n) is 20.6. The number of nitriles is 1. The van der Waals surface area contributed by atoms with Crippen LogP contribution in [0.1, 0.15) is 5.56 Å². The van der Waals surface area contributed by atoms with Gasteiger partial charge in [0.1, 0.15) is 0 Å². The summed E-state index contributed by atoms with van der Waals surface area (Å²) < 4.78 is 14.5. The summed E-state index contributed by atoms with van der Waals surface area (Å²) in [5.41, 5.74) is 22.8. The molecule has 0 fully saturated rings. The SMILES string of the molecule is N#Cc1cc(-n2c3ccc(-n4c5ccccc5c5ccccc54)cc3c3cc(-n4c5ccccc5c5ccccc54)ccc32)c(-n2c3ccc(-n4c5ccccc5c5ccccc54)cc3c3cc(-n4c5ccccc5c5ccccc54)ccc32)cc1-c1cccc(-c2ccccc2)n1. The van der Waals surface area contributed by atoms with Crippen LogP contribution >= 0.6 is 0 Å². The maximum absolute atomic E-state index is 11.8. The van der Waals surface area contributed by atoms with E-state index in [2.05, 4.69) is 337 Å². The smallest absolute Gasteiger partial charge is 0.0999 e. The lowest BCUT2D eigenvalue weighted by Gasteiger charge is -2.20. The molecule has 0 saturated carbocycles. The molecule has 0 N–H and O–H groups in total. The molecule has 0 saturated heterocycles. The third kappa shape index (κ3) is 7.72. The maximum Gasteiger partial charge on any atom is 0.0999 e. The molecule has 0 unspecified atom stereocenters. The van der Waals surface area contributed by atoms with Crippen LogP contribution < -0.4 is 0 Å². The second-order valence-corrected chi connectivity index (χ2v) is 25.7. The summed E-state index contributed by atoms with van der Waals surface area (Å²) in [6.07, 6.45) is 0. The largest absolute Gasteiger partial charge is 0.309 e. The number of pyridine rings is 1. The summed E-state index contributed by atoms with van der Waals surface area (Å²) in [7, 11) is 0. The van der Waals surface area contributed by atoms with Crippen LogP contribution in [-0.4, -0.2) is 32.4 Å². The van der Waals surface area contributed by atoms with Gasteiger partial charge in [0.05, 0.1) is 101 Å². The molecule has 21 rings (SSSR count). The normalized spacial score (nSPS) is 12.1. The highest BCUT2D eigenvalue weighted by molar-refractivity contribution is 6.17. The van der Waals surface area contributed by atoms with Crippen molar-refractivity contribution in [2.75, 3.05) is 0 Å². The summed E-state index contributed by atoms with van der Waals surface area (Å²) in [6, 6.07) is 121. The molecule has 14 aromatic carbocycles. The summed E-state index contributed by atoms with van der Waals surface area (Å²) in [4.78, 5) is 5.42. The molecule has 0 atom stereocenters. The van der Waals surface area contributed by atoms with Crippen LogP contribution in [0.4, 0.5) is 0 Å². The van der Waals surface area contributed by atoms with E-state index in [1.807, 2.05) is 24.3 Å². The van der Waals surface area contributed by atoms with Crippen LogP contribution in [0.25, 0.3) is 187 Å². The Labute approximate surface area is 561 Å². The van der Waals surface area contributed by atoms with Gasteiger partial charge in [-0.1, -0.05) is 182 Å². The number of aromatic nitrogens is 7. The van der Waals surface area contributed by atoms with E-state index in [9.17, 15) is 5.26 Å². The van der Waals surface area contributed by atoms with E-state index in [1.54, 1.807) is 0 Å². The Hall–Kier alpha value is -13.5. The highest BCUT2D eigenvalue weighted by Gasteiger charge is 2.27. The molecule has 7 heterocycles. The van der Waals surface area contributed by atoms with Gasteiger partial charge in [0.2, 0.25) is 0 Å². The van der Waals surface area contributed by atoms with Crippen LogP contribution in [0.3, 0.4) is 0 Å². The average molecular weight is 1250 g/mol. The van der Waals surface area contributed by atoms with Gasteiger partial charge in [-0.2, -0.15) is 5.26 Å². The lowest BCUT2D eigenvalue weighted by molar-refractivity contribution is 1.09. The van der Waals surface area contributed by atoms with Crippen molar-refractivity contribution in [1.29, 1.82) is 5.26 Å². The van der Waals surface area contributed by atoms with Gasteiger partial charge in [0.15, 0.2) is 0 Å². The number of para-hydroxylation sites is 8. The van der Waals surface area contributed by atoms with E-state index in [0.717, 1.165) is 139 Å². The van der Waals surface area contributed by atoms with Gasteiger partial charge in [-0.25, -0.2) is 4.98 Å². The Kier molecular flexibility index (Phi) is 11.4. The Morgan fingerprint density at radius 1 is 0.214 bits per heavy atom. The highest BCUT2D eigenvalue weighted by Crippen LogP contribution is 2.46. The van der Waals surface area contributed by atoms with Gasteiger partial charge >= 0.3 is 0 Å². The van der Waals surface area contributed by atoms with E-state index in [1.165, 1.54) is 43.1 Å². The number of fused-ring (bicyclic) bond motifs is 18. The number of hydrogen-bond acceptors (Lipinski definition) is 2. The minimum atomic E-state index is 0.503. The van der Waals surface area contributed by atoms with Crippen LogP contribution in [0.5, 0.6) is 0 Å². The zero-order valence-electron chi connectivity index (χ0n) is 52.8. The second kappa shape index (κ2) is 20.8. The fraction of sp³-hybridized carbons (Fsp3) is 0. The molecular formula is C90H54N8. The van der Waals surface area contributed by atoms with Crippen molar-refractivity contribution >= 4 is 131 Å². The third-order valence-corrected chi connectivity index (χ3v) is 20.6. The number of rotatable bonds is 8. The summed E-state index contributed by atoms with van der Waals surface area (Å²) in [5.74, 6) is 0. The van der Waals surface area contributed by atoms with Crippen molar-refractivity contribution in [1.82, 2.24) is 32.4 Å². The molecule has 21 aromatic rings. The summed E-state index contributed by atoms with van der Waals surface area (Å²) >= 11 is 0. The molecule has 7 aromatic heterocycles. The highest BCUT2D eigenvalue weighted by atomic mass is 15.1. The van der Waals surface area contributed by atoms with Crippen molar-refractivity contribution in [3.05, 3.63) is 333 Å². The van der Waals surface area contributed by atoms with Crippen molar-refractivity contribution in [3.63, 3.8) is 0 Å². The summed E-state index contributed by atoms with van der Waals surface area (Å²) in [5, 5.41) is 25.8. The second-order valence-electron chi connectivity index (χ2n) is 25.7. The van der Waals surface area contributed by atoms with E-state index in [0.29, 0.717) is 11.3 Å².